The van der Waals surface area contributed by atoms with E-state index in [0.717, 1.165) is 0 Å². The first-order chi connectivity index (χ1) is 7.03. The van der Waals surface area contributed by atoms with Crippen molar-refractivity contribution in [3.8, 4) is 0 Å². The van der Waals surface area contributed by atoms with E-state index in [1.807, 2.05) is 6.92 Å². The summed E-state index contributed by atoms with van der Waals surface area (Å²) in [6.07, 6.45) is 0.460. The molecule has 4 heteroatoms. The van der Waals surface area contributed by atoms with Gasteiger partial charge in [0.2, 0.25) is 0 Å². The van der Waals surface area contributed by atoms with E-state index in [1.165, 1.54) is 6.07 Å². The van der Waals surface area contributed by atoms with Gasteiger partial charge in [0.05, 0.1) is 0 Å². The van der Waals surface area contributed by atoms with Crippen LogP contribution in [0, 0.1) is 5.82 Å². The topological polar surface area (TPSA) is 46.2 Å². The van der Waals surface area contributed by atoms with Crippen LogP contribution < -0.4 is 5.73 Å². The predicted molar refractivity (Wildman–Crippen MR) is 62.2 cm³/mol. The molecule has 1 aromatic carbocycles. The second-order valence-electron chi connectivity index (χ2n) is 3.86. The maximum absolute atomic E-state index is 13.7. The molecule has 1 aromatic rings. The largest absolute Gasteiger partial charge is 0.396 e. The van der Waals surface area contributed by atoms with E-state index in [0.29, 0.717) is 23.0 Å². The average Bonchev–Trinajstić information content (AvgIpc) is 2.17. The van der Waals surface area contributed by atoms with Gasteiger partial charge in [-0.3, -0.25) is 0 Å². The van der Waals surface area contributed by atoms with Crippen LogP contribution in [0.4, 0.5) is 4.39 Å². The summed E-state index contributed by atoms with van der Waals surface area (Å²) >= 11 is 3.20. The van der Waals surface area contributed by atoms with Crippen molar-refractivity contribution in [3.05, 3.63) is 34.1 Å². The van der Waals surface area contributed by atoms with Crippen LogP contribution in [-0.4, -0.2) is 18.3 Å². The van der Waals surface area contributed by atoms with Gasteiger partial charge in [0, 0.05) is 23.0 Å². The number of halogens is 2. The van der Waals surface area contributed by atoms with Gasteiger partial charge in [-0.25, -0.2) is 4.39 Å². The summed E-state index contributed by atoms with van der Waals surface area (Å²) in [5, 5.41) is 8.95. The molecule has 84 valence electrons. The van der Waals surface area contributed by atoms with Gasteiger partial charge in [-0.2, -0.15) is 0 Å². The first-order valence-electron chi connectivity index (χ1n) is 4.80. The number of aliphatic hydroxyl groups is 1. The molecular weight excluding hydrogens is 261 g/mol. The second-order valence-corrected chi connectivity index (χ2v) is 4.78. The van der Waals surface area contributed by atoms with Crippen molar-refractivity contribution in [3.63, 3.8) is 0 Å². The lowest BCUT2D eigenvalue weighted by atomic mass is 9.79. The van der Waals surface area contributed by atoms with Crippen molar-refractivity contribution >= 4 is 15.9 Å². The van der Waals surface area contributed by atoms with E-state index in [-0.39, 0.29) is 12.4 Å². The van der Waals surface area contributed by atoms with Gasteiger partial charge < -0.3 is 10.8 Å². The third kappa shape index (κ3) is 2.77. The summed E-state index contributed by atoms with van der Waals surface area (Å²) < 4.78 is 14.4. The Bertz CT molecular complexity index is 345. The molecule has 15 heavy (non-hydrogen) atoms. The van der Waals surface area contributed by atoms with E-state index < -0.39 is 5.41 Å². The lowest BCUT2D eigenvalue weighted by molar-refractivity contribution is 0.244. The number of hydrogen-bond donors (Lipinski definition) is 2. The Morgan fingerprint density at radius 2 is 2.20 bits per heavy atom. The number of rotatable bonds is 4. The molecule has 0 aliphatic heterocycles. The number of aliphatic hydroxyl groups excluding tert-OH is 1. The molecule has 3 N–H and O–H groups in total. The minimum Gasteiger partial charge on any atom is -0.396 e. The Hall–Kier alpha value is -0.450. The Morgan fingerprint density at radius 1 is 1.53 bits per heavy atom. The molecule has 0 aliphatic rings. The Kier molecular flexibility index (Phi) is 4.25. The first-order valence-corrected chi connectivity index (χ1v) is 5.59. The molecule has 2 nitrogen and oxygen atoms in total. The van der Waals surface area contributed by atoms with E-state index >= 15 is 0 Å². The summed E-state index contributed by atoms with van der Waals surface area (Å²) in [4.78, 5) is 0. The maximum atomic E-state index is 13.7. The third-order valence-electron chi connectivity index (χ3n) is 2.70. The van der Waals surface area contributed by atoms with E-state index in [4.69, 9.17) is 10.8 Å². The van der Waals surface area contributed by atoms with Crippen molar-refractivity contribution in [1.29, 1.82) is 0 Å². The zero-order valence-corrected chi connectivity index (χ0v) is 10.2. The van der Waals surface area contributed by atoms with Crippen LogP contribution in [0.3, 0.4) is 0 Å². The van der Waals surface area contributed by atoms with Gasteiger partial charge >= 0.3 is 0 Å². The molecular formula is C11H15BrFNO. The summed E-state index contributed by atoms with van der Waals surface area (Å²) in [6.45, 7) is 2.17. The van der Waals surface area contributed by atoms with E-state index in [2.05, 4.69) is 15.9 Å². The monoisotopic (exact) mass is 275 g/mol. The van der Waals surface area contributed by atoms with Crippen molar-refractivity contribution in [2.75, 3.05) is 13.2 Å². The minimum atomic E-state index is -0.500. The molecule has 0 saturated carbocycles. The number of hydrogen-bond acceptors (Lipinski definition) is 2. The SMILES string of the molecule is CC(CN)(CCO)c1ccc(Br)cc1F. The van der Waals surface area contributed by atoms with Crippen LogP contribution >= 0.6 is 15.9 Å². The van der Waals surface area contributed by atoms with Crippen LogP contribution in [-0.2, 0) is 5.41 Å². The number of benzene rings is 1. The summed E-state index contributed by atoms with van der Waals surface area (Å²) in [5.41, 5.74) is 5.70. The molecule has 0 fully saturated rings. The Labute approximate surface area is 97.4 Å². The fraction of sp³-hybridized carbons (Fsp3) is 0.455. The molecule has 1 unspecified atom stereocenters. The highest BCUT2D eigenvalue weighted by Crippen LogP contribution is 2.30. The van der Waals surface area contributed by atoms with Crippen molar-refractivity contribution in [2.45, 2.75) is 18.8 Å². The van der Waals surface area contributed by atoms with Gasteiger partial charge in [0.15, 0.2) is 0 Å². The molecule has 0 bridgehead atoms. The fourth-order valence-corrected chi connectivity index (χ4v) is 1.91. The summed E-state index contributed by atoms with van der Waals surface area (Å²) in [5.74, 6) is -0.286. The molecule has 0 aliphatic carbocycles. The molecule has 1 atom stereocenters. The van der Waals surface area contributed by atoms with Crippen LogP contribution in [0.25, 0.3) is 0 Å². The second kappa shape index (κ2) is 5.05. The van der Waals surface area contributed by atoms with Crippen LogP contribution in [0.1, 0.15) is 18.9 Å². The zero-order chi connectivity index (χ0) is 11.5. The average molecular weight is 276 g/mol. The smallest absolute Gasteiger partial charge is 0.128 e. The van der Waals surface area contributed by atoms with Crippen molar-refractivity contribution < 1.29 is 9.50 Å². The van der Waals surface area contributed by atoms with Crippen LogP contribution in [0.15, 0.2) is 22.7 Å². The summed E-state index contributed by atoms with van der Waals surface area (Å²) in [6, 6.07) is 4.91. The molecule has 0 aromatic heterocycles. The minimum absolute atomic E-state index is 0.00318. The predicted octanol–water partition coefficient (Wildman–Crippen LogP) is 2.19. The van der Waals surface area contributed by atoms with E-state index in [1.54, 1.807) is 12.1 Å². The highest BCUT2D eigenvalue weighted by Gasteiger charge is 2.27. The van der Waals surface area contributed by atoms with Crippen LogP contribution in [0.5, 0.6) is 0 Å². The molecule has 0 heterocycles. The highest BCUT2D eigenvalue weighted by atomic mass is 79.9. The highest BCUT2D eigenvalue weighted by molar-refractivity contribution is 9.10. The molecule has 0 spiro atoms. The fourth-order valence-electron chi connectivity index (χ4n) is 1.57. The number of nitrogens with two attached hydrogens (primary N) is 1. The standard InChI is InChI=1S/C11H15BrFNO/c1-11(7-14,4-5-15)9-3-2-8(12)6-10(9)13/h2-3,6,15H,4-5,7,14H2,1H3. The molecule has 0 radical (unpaired) electrons. The molecule has 0 saturated heterocycles. The van der Waals surface area contributed by atoms with Gasteiger partial charge in [-0.1, -0.05) is 28.9 Å². The van der Waals surface area contributed by atoms with E-state index in [9.17, 15) is 4.39 Å². The first kappa shape index (κ1) is 12.6. The van der Waals surface area contributed by atoms with Gasteiger partial charge in [-0.05, 0) is 24.1 Å². The Morgan fingerprint density at radius 3 is 2.67 bits per heavy atom. The summed E-state index contributed by atoms with van der Waals surface area (Å²) in [7, 11) is 0. The van der Waals surface area contributed by atoms with Crippen molar-refractivity contribution in [2.24, 2.45) is 5.73 Å². The molecule has 0 amide bonds. The maximum Gasteiger partial charge on any atom is 0.128 e. The third-order valence-corrected chi connectivity index (χ3v) is 3.19. The van der Waals surface area contributed by atoms with Gasteiger partial charge in [-0.15, -0.1) is 0 Å². The normalized spacial score (nSPS) is 15.0. The van der Waals surface area contributed by atoms with Gasteiger partial charge in [0.1, 0.15) is 5.82 Å². The van der Waals surface area contributed by atoms with Gasteiger partial charge in [0.25, 0.3) is 0 Å². The lowest BCUT2D eigenvalue weighted by Crippen LogP contribution is -2.33. The quantitative estimate of drug-likeness (QED) is 0.885. The Balaban J connectivity index is 3.12. The lowest BCUT2D eigenvalue weighted by Gasteiger charge is -2.28. The van der Waals surface area contributed by atoms with Crippen LogP contribution in [0.2, 0.25) is 0 Å². The molecule has 1 rings (SSSR count). The zero-order valence-electron chi connectivity index (χ0n) is 8.63. The van der Waals surface area contributed by atoms with Crippen molar-refractivity contribution in [1.82, 2.24) is 0 Å².